The quantitative estimate of drug-likeness (QED) is 0.120. The Labute approximate surface area is 627 Å². The number of hydrogen-bond donors (Lipinski definition) is 0. The van der Waals surface area contributed by atoms with Crippen LogP contribution in [-0.2, 0) is 0 Å². The van der Waals surface area contributed by atoms with Gasteiger partial charge in [-0.05, 0) is 169 Å². The van der Waals surface area contributed by atoms with Crippen LogP contribution in [0.3, 0.4) is 0 Å². The van der Waals surface area contributed by atoms with Crippen LogP contribution in [0.2, 0.25) is 0 Å². The van der Waals surface area contributed by atoms with Crippen molar-refractivity contribution in [2.24, 2.45) is 0 Å². The first-order chi connectivity index (χ1) is 53.6. The van der Waals surface area contributed by atoms with E-state index in [0.717, 1.165) is 78.4 Å². The van der Waals surface area contributed by atoms with Crippen LogP contribution in [0.25, 0.3) is 188 Å². The monoisotopic (exact) mass is 1380 g/mol. The first-order valence-electron chi connectivity index (χ1n) is 36.4. The lowest BCUT2D eigenvalue weighted by molar-refractivity contribution is 1.18. The Morgan fingerprint density at radius 2 is 0.491 bits per heavy atom. The third kappa shape index (κ3) is 13.2. The Kier molecular flexibility index (Phi) is 18.0. The van der Waals surface area contributed by atoms with E-state index in [1.165, 1.54) is 98.0 Å². The fourth-order valence-electron chi connectivity index (χ4n) is 15.2. The topological polar surface area (TPSA) is 77.3 Å². The largest absolute Gasteiger partial charge is 0.265 e. The van der Waals surface area contributed by atoms with Crippen molar-refractivity contribution in [2.75, 3.05) is 0 Å². The Bertz CT molecular complexity index is 6460. The minimum absolute atomic E-state index is 0.679. The van der Waals surface area contributed by atoms with Crippen molar-refractivity contribution in [1.29, 1.82) is 0 Å². The van der Waals surface area contributed by atoms with Gasteiger partial charge in [-0.25, -0.2) is 19.9 Å². The number of nitrogens with zero attached hydrogens (tertiary/aromatic N) is 6. The highest BCUT2D eigenvalue weighted by Crippen LogP contribution is 2.48. The predicted molar refractivity (Wildman–Crippen MR) is 451 cm³/mol. The van der Waals surface area contributed by atoms with Crippen LogP contribution in [0.4, 0.5) is 0 Å². The minimum atomic E-state index is 0.679. The van der Waals surface area contributed by atoms with Crippen molar-refractivity contribution < 1.29 is 0 Å². The molecule has 0 bridgehead atoms. The van der Waals surface area contributed by atoms with E-state index in [2.05, 4.69) is 362 Å². The molecule has 6 nitrogen and oxygen atoms in total. The first kappa shape index (κ1) is 65.6. The van der Waals surface area contributed by atoms with Crippen molar-refractivity contribution in [3.63, 3.8) is 0 Å². The molecule has 506 valence electrons. The summed E-state index contributed by atoms with van der Waals surface area (Å²) in [5.74, 6) is 1.39. The normalized spacial score (nSPS) is 11.1. The summed E-state index contributed by atoms with van der Waals surface area (Å²) < 4.78 is 0. The highest BCUT2D eigenvalue weighted by molar-refractivity contribution is 6.24. The molecule has 0 atom stereocenters. The van der Waals surface area contributed by atoms with Crippen LogP contribution in [0.15, 0.2) is 413 Å². The van der Waals surface area contributed by atoms with Crippen LogP contribution < -0.4 is 0 Å². The summed E-state index contributed by atoms with van der Waals surface area (Å²) in [6.07, 6.45) is 7.20. The molecule has 0 saturated heterocycles. The van der Waals surface area contributed by atoms with Gasteiger partial charge < -0.3 is 0 Å². The highest BCUT2D eigenvalue weighted by atomic mass is 14.9. The molecule has 0 aliphatic heterocycles. The summed E-state index contributed by atoms with van der Waals surface area (Å²) in [6, 6.07) is 137. The van der Waals surface area contributed by atoms with Gasteiger partial charge in [0.2, 0.25) is 0 Å². The summed E-state index contributed by atoms with van der Waals surface area (Å²) in [5.41, 5.74) is 21.5. The van der Waals surface area contributed by atoms with Crippen LogP contribution in [0.5, 0.6) is 0 Å². The number of hydrogen-bond acceptors (Lipinski definition) is 6. The van der Waals surface area contributed by atoms with Gasteiger partial charge in [0, 0.05) is 63.7 Å². The minimum Gasteiger partial charge on any atom is -0.265 e. The van der Waals surface area contributed by atoms with Gasteiger partial charge >= 0.3 is 0 Å². The molecule has 0 amide bonds. The van der Waals surface area contributed by atoms with Gasteiger partial charge in [0.05, 0.1) is 22.8 Å². The van der Waals surface area contributed by atoms with E-state index < -0.39 is 0 Å². The molecule has 20 aromatic rings. The van der Waals surface area contributed by atoms with E-state index >= 15 is 0 Å². The van der Waals surface area contributed by atoms with Crippen LogP contribution in [0, 0.1) is 0 Å². The maximum atomic E-state index is 5.28. The van der Waals surface area contributed by atoms with Crippen molar-refractivity contribution >= 4 is 64.6 Å². The van der Waals surface area contributed by atoms with E-state index in [1.807, 2.05) is 42.6 Å². The van der Waals surface area contributed by atoms with E-state index in [4.69, 9.17) is 19.9 Å². The third-order valence-corrected chi connectivity index (χ3v) is 20.2. The van der Waals surface area contributed by atoms with Crippen molar-refractivity contribution in [3.8, 4) is 123 Å². The number of aromatic nitrogens is 6. The van der Waals surface area contributed by atoms with E-state index in [1.54, 1.807) is 18.6 Å². The SMILES string of the molecule is c1ccc(-c2c3ccccc3c(-c3cccc(-c4nc(-c5cccc(-c6cccnc6)c5)cc(-c5ccc6ccccc6c5)n4)c3)c3ccccc23)cc1.c1ccc(-c2cc(-c3ccccc3)nc(-c3cccc(-c4c5ccccc5c(-c5cccc6ccccc56)c5ccccc45)c3)n2)cc1.c1ccncc1. The molecular weight excluding hydrogens is 1310 g/mol. The molecule has 0 aliphatic carbocycles. The fourth-order valence-corrected chi connectivity index (χ4v) is 15.2. The maximum Gasteiger partial charge on any atom is 0.160 e. The number of pyridine rings is 2. The Morgan fingerprint density at radius 1 is 0.157 bits per heavy atom. The molecule has 0 N–H and O–H groups in total. The van der Waals surface area contributed by atoms with Gasteiger partial charge in [0.1, 0.15) is 0 Å². The molecule has 16 aromatic carbocycles. The molecule has 20 rings (SSSR count). The molecule has 108 heavy (non-hydrogen) atoms. The molecule has 0 aliphatic rings. The zero-order valence-electron chi connectivity index (χ0n) is 58.9. The van der Waals surface area contributed by atoms with Crippen molar-refractivity contribution in [2.45, 2.75) is 0 Å². The molecule has 0 radical (unpaired) electrons. The summed E-state index contributed by atoms with van der Waals surface area (Å²) in [6.45, 7) is 0. The summed E-state index contributed by atoms with van der Waals surface area (Å²) in [4.78, 5) is 29.0. The molecule has 6 heteroatoms. The number of rotatable bonds is 11. The van der Waals surface area contributed by atoms with Gasteiger partial charge in [-0.3, -0.25) is 9.97 Å². The predicted octanol–water partition coefficient (Wildman–Crippen LogP) is 26.7. The van der Waals surface area contributed by atoms with Crippen LogP contribution in [-0.4, -0.2) is 29.9 Å². The molecular formula is C102H68N6. The molecule has 0 fully saturated rings. The van der Waals surface area contributed by atoms with Crippen LogP contribution in [0.1, 0.15) is 0 Å². The smallest absolute Gasteiger partial charge is 0.160 e. The van der Waals surface area contributed by atoms with E-state index in [9.17, 15) is 0 Å². The third-order valence-electron chi connectivity index (χ3n) is 20.2. The summed E-state index contributed by atoms with van der Waals surface area (Å²) in [5, 5.41) is 14.7. The summed E-state index contributed by atoms with van der Waals surface area (Å²) in [7, 11) is 0. The molecule has 0 saturated carbocycles. The Hall–Kier alpha value is -14.5. The lowest BCUT2D eigenvalue weighted by Crippen LogP contribution is -1.97. The summed E-state index contributed by atoms with van der Waals surface area (Å²) >= 11 is 0. The van der Waals surface area contributed by atoms with Gasteiger partial charge in [-0.1, -0.05) is 334 Å². The molecule has 4 heterocycles. The van der Waals surface area contributed by atoms with E-state index in [-0.39, 0.29) is 0 Å². The zero-order chi connectivity index (χ0) is 72.0. The van der Waals surface area contributed by atoms with Crippen molar-refractivity contribution in [1.82, 2.24) is 29.9 Å². The second kappa shape index (κ2) is 29.7. The lowest BCUT2D eigenvalue weighted by atomic mass is 9.84. The lowest BCUT2D eigenvalue weighted by Gasteiger charge is -2.19. The number of fused-ring (bicyclic) bond motifs is 6. The highest BCUT2D eigenvalue weighted by Gasteiger charge is 2.22. The second-order valence-corrected chi connectivity index (χ2v) is 26.8. The fraction of sp³-hybridized carbons (Fsp3) is 0. The standard InChI is InChI=1S/C51H33N3.C46H30N2.C5H5N/c1-2-14-35(15-3-1)49-43-22-6-8-24-45(43)50(46-25-9-7-23-44(46)49)40-19-11-20-41(31-40)51-53-47(38-18-10-17-37(30-38)42-21-12-28-52-33-42)32-48(54-51)39-27-26-34-13-4-5-16-36(34)29-39;1-3-16-32(17-4-1)42-30-43(33-18-5-2-6-19-33)48-46(47-42)35-22-13-21-34(29-35)44-38-24-9-11-26-40(38)45(41-27-12-10-25-39(41)44)37-28-14-20-31-15-7-8-23-36(31)37;1-2-4-6-5-3-1/h1-33H;1-30H;1-5H. The average Bonchev–Trinajstić information content (AvgIpc) is 0.735. The van der Waals surface area contributed by atoms with E-state index in [0.29, 0.717) is 11.6 Å². The molecule has 0 spiro atoms. The first-order valence-corrected chi connectivity index (χ1v) is 36.4. The second-order valence-electron chi connectivity index (χ2n) is 26.8. The van der Waals surface area contributed by atoms with Gasteiger partial charge in [0.15, 0.2) is 11.6 Å². The average molecular weight is 1380 g/mol. The molecule has 0 unspecified atom stereocenters. The van der Waals surface area contributed by atoms with Gasteiger partial charge in [-0.2, -0.15) is 0 Å². The maximum absolute atomic E-state index is 5.28. The molecule has 4 aromatic heterocycles. The van der Waals surface area contributed by atoms with Crippen LogP contribution >= 0.6 is 0 Å². The van der Waals surface area contributed by atoms with Gasteiger partial charge in [0.25, 0.3) is 0 Å². The Balaban J connectivity index is 0.000000142. The van der Waals surface area contributed by atoms with Crippen molar-refractivity contribution in [3.05, 3.63) is 413 Å². The van der Waals surface area contributed by atoms with Gasteiger partial charge in [-0.15, -0.1) is 0 Å². The Morgan fingerprint density at radius 3 is 0.963 bits per heavy atom. The number of benzene rings is 16. The zero-order valence-corrected chi connectivity index (χ0v) is 58.9.